The van der Waals surface area contributed by atoms with Crippen LogP contribution >= 0.6 is 0 Å². The zero-order valence-electron chi connectivity index (χ0n) is 12.2. The Morgan fingerprint density at radius 1 is 1.14 bits per heavy atom. The molecule has 0 bridgehead atoms. The summed E-state index contributed by atoms with van der Waals surface area (Å²) in [5, 5.41) is 3.24. The predicted molar refractivity (Wildman–Crippen MR) is 82.1 cm³/mol. The summed E-state index contributed by atoms with van der Waals surface area (Å²) >= 11 is 0. The molecule has 0 atom stereocenters. The lowest BCUT2D eigenvalue weighted by molar-refractivity contribution is 0.556. The molecule has 1 aliphatic heterocycles. The van der Waals surface area contributed by atoms with Crippen LogP contribution in [-0.2, 0) is 29.7 Å². The van der Waals surface area contributed by atoms with Crippen LogP contribution in [0.4, 0.5) is 4.39 Å². The van der Waals surface area contributed by atoms with Crippen molar-refractivity contribution in [2.75, 3.05) is 0 Å². The lowest BCUT2D eigenvalue weighted by atomic mass is 10.1. The summed E-state index contributed by atoms with van der Waals surface area (Å²) in [4.78, 5) is -0.310. The topological polar surface area (TPSA) is 58.2 Å². The third-order valence-corrected chi connectivity index (χ3v) is 5.16. The number of benzene rings is 2. The molecule has 116 valence electrons. The van der Waals surface area contributed by atoms with Gasteiger partial charge in [0.05, 0.1) is 0 Å². The second-order valence-electron chi connectivity index (χ2n) is 5.47. The molecule has 1 heterocycles. The maximum Gasteiger partial charge on any atom is 0.243 e. The summed E-state index contributed by atoms with van der Waals surface area (Å²) in [5.41, 5.74) is 3.97. The first kappa shape index (κ1) is 15.1. The van der Waals surface area contributed by atoms with Gasteiger partial charge in [0.2, 0.25) is 10.0 Å². The third-order valence-electron chi connectivity index (χ3n) is 3.74. The van der Waals surface area contributed by atoms with Gasteiger partial charge in [0.15, 0.2) is 0 Å². The van der Waals surface area contributed by atoms with E-state index in [4.69, 9.17) is 0 Å². The second-order valence-corrected chi connectivity index (χ2v) is 7.20. The summed E-state index contributed by atoms with van der Waals surface area (Å²) in [6, 6.07) is 9.91. The highest BCUT2D eigenvalue weighted by Gasteiger charge is 2.19. The molecule has 0 aliphatic carbocycles. The number of rotatable bonds is 4. The molecule has 2 aromatic carbocycles. The van der Waals surface area contributed by atoms with Gasteiger partial charge in [-0.15, -0.1) is 0 Å². The molecule has 22 heavy (non-hydrogen) atoms. The Morgan fingerprint density at radius 2 is 1.91 bits per heavy atom. The maximum absolute atomic E-state index is 13.7. The Hall–Kier alpha value is -1.76. The van der Waals surface area contributed by atoms with Crippen LogP contribution in [0.1, 0.15) is 22.3 Å². The Balaban J connectivity index is 1.79. The van der Waals surface area contributed by atoms with Gasteiger partial charge < -0.3 is 5.32 Å². The fourth-order valence-electron chi connectivity index (χ4n) is 2.53. The summed E-state index contributed by atoms with van der Waals surface area (Å²) in [5.74, 6) is -0.740. The van der Waals surface area contributed by atoms with Crippen molar-refractivity contribution < 1.29 is 12.8 Å². The zero-order valence-corrected chi connectivity index (χ0v) is 13.0. The molecular formula is C16H17FN2O2S. The van der Waals surface area contributed by atoms with Crippen LogP contribution < -0.4 is 10.0 Å². The smallest absolute Gasteiger partial charge is 0.243 e. The molecule has 2 aromatic rings. The van der Waals surface area contributed by atoms with E-state index in [1.807, 2.05) is 18.2 Å². The minimum absolute atomic E-state index is 0.142. The van der Waals surface area contributed by atoms with Crippen LogP contribution in [0.25, 0.3) is 0 Å². The molecule has 0 radical (unpaired) electrons. The van der Waals surface area contributed by atoms with Crippen molar-refractivity contribution >= 4 is 10.0 Å². The van der Waals surface area contributed by atoms with Gasteiger partial charge in [-0.25, -0.2) is 17.5 Å². The standard InChI is InChI=1S/C16H17FN2O2S/c1-11-2-5-15(17)16(6-11)22(20,21)19-8-12-3-4-13-9-18-10-14(13)7-12/h2-7,18-19H,8-10H2,1H3. The van der Waals surface area contributed by atoms with Crippen LogP contribution in [-0.4, -0.2) is 8.42 Å². The minimum Gasteiger partial charge on any atom is -0.309 e. The number of hydrogen-bond acceptors (Lipinski definition) is 3. The average molecular weight is 320 g/mol. The van der Waals surface area contributed by atoms with E-state index in [9.17, 15) is 12.8 Å². The van der Waals surface area contributed by atoms with Gasteiger partial charge in [0, 0.05) is 19.6 Å². The van der Waals surface area contributed by atoms with Crippen molar-refractivity contribution in [1.82, 2.24) is 10.0 Å². The molecule has 4 nitrogen and oxygen atoms in total. The molecule has 0 spiro atoms. The second kappa shape index (κ2) is 5.79. The van der Waals surface area contributed by atoms with Crippen molar-refractivity contribution in [2.45, 2.75) is 31.5 Å². The van der Waals surface area contributed by atoms with Crippen molar-refractivity contribution in [3.63, 3.8) is 0 Å². The van der Waals surface area contributed by atoms with Gasteiger partial charge in [0.25, 0.3) is 0 Å². The molecule has 0 saturated heterocycles. The van der Waals surface area contributed by atoms with Gasteiger partial charge in [-0.05, 0) is 41.3 Å². The highest BCUT2D eigenvalue weighted by atomic mass is 32.2. The zero-order chi connectivity index (χ0) is 15.7. The van der Waals surface area contributed by atoms with Crippen molar-refractivity contribution in [3.8, 4) is 0 Å². The van der Waals surface area contributed by atoms with E-state index >= 15 is 0 Å². The molecule has 2 N–H and O–H groups in total. The largest absolute Gasteiger partial charge is 0.309 e. The lowest BCUT2D eigenvalue weighted by Crippen LogP contribution is -2.24. The highest BCUT2D eigenvalue weighted by molar-refractivity contribution is 7.89. The van der Waals surface area contributed by atoms with E-state index in [1.54, 1.807) is 13.0 Å². The first-order chi connectivity index (χ1) is 10.5. The molecule has 0 amide bonds. The van der Waals surface area contributed by atoms with Crippen LogP contribution in [0, 0.1) is 12.7 Å². The Bertz CT molecular complexity index is 819. The van der Waals surface area contributed by atoms with Gasteiger partial charge >= 0.3 is 0 Å². The summed E-state index contributed by atoms with van der Waals surface area (Å²) in [7, 11) is -3.87. The normalized spacial score (nSPS) is 14.1. The molecule has 0 saturated carbocycles. The fourth-order valence-corrected chi connectivity index (χ4v) is 3.71. The number of hydrogen-bond donors (Lipinski definition) is 2. The van der Waals surface area contributed by atoms with Crippen LogP contribution in [0.2, 0.25) is 0 Å². The maximum atomic E-state index is 13.7. The number of halogens is 1. The summed E-state index contributed by atoms with van der Waals surface area (Å²) < 4.78 is 40.7. The predicted octanol–water partition coefficient (Wildman–Crippen LogP) is 2.22. The summed E-state index contributed by atoms with van der Waals surface area (Å²) in [6.07, 6.45) is 0. The Kier molecular flexibility index (Phi) is 3.99. The first-order valence-corrected chi connectivity index (χ1v) is 8.51. The van der Waals surface area contributed by atoms with Crippen LogP contribution in [0.3, 0.4) is 0 Å². The van der Waals surface area contributed by atoms with E-state index in [0.29, 0.717) is 5.56 Å². The molecule has 0 aromatic heterocycles. The average Bonchev–Trinajstić information content (AvgIpc) is 2.95. The highest BCUT2D eigenvalue weighted by Crippen LogP contribution is 2.19. The van der Waals surface area contributed by atoms with E-state index < -0.39 is 15.8 Å². The Labute approximate surface area is 129 Å². The third kappa shape index (κ3) is 3.04. The summed E-state index contributed by atoms with van der Waals surface area (Å²) in [6.45, 7) is 3.51. The number of fused-ring (bicyclic) bond motifs is 1. The number of nitrogens with one attached hydrogen (secondary N) is 2. The van der Waals surface area contributed by atoms with Gasteiger partial charge in [0.1, 0.15) is 10.7 Å². The van der Waals surface area contributed by atoms with Gasteiger partial charge in [-0.3, -0.25) is 0 Å². The van der Waals surface area contributed by atoms with Gasteiger partial charge in [-0.1, -0.05) is 24.3 Å². The van der Waals surface area contributed by atoms with Crippen LogP contribution in [0.5, 0.6) is 0 Å². The SMILES string of the molecule is Cc1ccc(F)c(S(=O)(=O)NCc2ccc3c(c2)CNC3)c1. The van der Waals surface area contributed by atoms with Crippen molar-refractivity contribution in [3.05, 3.63) is 64.5 Å². The lowest BCUT2D eigenvalue weighted by Gasteiger charge is -2.09. The monoisotopic (exact) mass is 320 g/mol. The molecule has 0 fully saturated rings. The molecule has 3 rings (SSSR count). The fraction of sp³-hybridized carbons (Fsp3) is 0.250. The van der Waals surface area contributed by atoms with E-state index in [-0.39, 0.29) is 11.4 Å². The van der Waals surface area contributed by atoms with E-state index in [0.717, 1.165) is 18.7 Å². The van der Waals surface area contributed by atoms with Crippen molar-refractivity contribution in [2.24, 2.45) is 0 Å². The first-order valence-electron chi connectivity index (χ1n) is 7.03. The van der Waals surface area contributed by atoms with E-state index in [1.165, 1.54) is 23.3 Å². The quantitative estimate of drug-likeness (QED) is 0.908. The molecule has 0 unspecified atom stereocenters. The number of aryl methyl sites for hydroxylation is 1. The van der Waals surface area contributed by atoms with E-state index in [2.05, 4.69) is 10.0 Å². The molecule has 6 heteroatoms. The Morgan fingerprint density at radius 3 is 2.73 bits per heavy atom. The minimum atomic E-state index is -3.87. The van der Waals surface area contributed by atoms with Crippen LogP contribution in [0.15, 0.2) is 41.3 Å². The van der Waals surface area contributed by atoms with Gasteiger partial charge in [-0.2, -0.15) is 0 Å². The van der Waals surface area contributed by atoms with Crippen molar-refractivity contribution in [1.29, 1.82) is 0 Å². The number of sulfonamides is 1. The molecular weight excluding hydrogens is 303 g/mol. The molecule has 1 aliphatic rings.